The van der Waals surface area contributed by atoms with Crippen LogP contribution in [0.2, 0.25) is 0 Å². The monoisotopic (exact) mass is 374 g/mol. The van der Waals surface area contributed by atoms with Crippen molar-refractivity contribution in [3.05, 3.63) is 71.3 Å². The average Bonchev–Trinajstić information content (AvgIpc) is 2.61. The topological polar surface area (TPSA) is 66.5 Å². The number of carbonyl (C=O) groups is 1. The van der Waals surface area contributed by atoms with E-state index in [-0.39, 0.29) is 11.9 Å². The molecular weight excluding hydrogens is 348 g/mol. The van der Waals surface area contributed by atoms with Crippen LogP contribution in [0.5, 0.6) is 0 Å². The lowest BCUT2D eigenvalue weighted by atomic mass is 10.0. The van der Waals surface area contributed by atoms with E-state index in [1.54, 1.807) is 24.3 Å². The summed E-state index contributed by atoms with van der Waals surface area (Å²) >= 11 is 0. The Morgan fingerprint density at radius 1 is 1.04 bits per heavy atom. The fourth-order valence-corrected chi connectivity index (χ4v) is 3.42. The number of sulfonamides is 1. The summed E-state index contributed by atoms with van der Waals surface area (Å²) in [7, 11) is -2.11. The van der Waals surface area contributed by atoms with E-state index in [0.717, 1.165) is 21.7 Å². The molecule has 0 aromatic heterocycles. The minimum absolute atomic E-state index is 0.178. The second-order valence-electron chi connectivity index (χ2n) is 6.47. The van der Waals surface area contributed by atoms with Crippen molar-refractivity contribution in [3.8, 4) is 0 Å². The highest BCUT2D eigenvalue weighted by atomic mass is 32.2. The molecule has 0 aliphatic rings. The van der Waals surface area contributed by atoms with Gasteiger partial charge in [-0.15, -0.1) is 0 Å². The largest absolute Gasteiger partial charge is 0.348 e. The first-order valence-corrected chi connectivity index (χ1v) is 10.4. The highest BCUT2D eigenvalue weighted by Crippen LogP contribution is 2.24. The lowest BCUT2D eigenvalue weighted by Crippen LogP contribution is -2.42. The average molecular weight is 375 g/mol. The summed E-state index contributed by atoms with van der Waals surface area (Å²) < 4.78 is 25.2. The molecule has 2 aromatic rings. The minimum Gasteiger partial charge on any atom is -0.348 e. The van der Waals surface area contributed by atoms with Gasteiger partial charge in [-0.05, 0) is 24.5 Å². The first-order chi connectivity index (χ1) is 12.2. The Balaban J connectivity index is 2.32. The van der Waals surface area contributed by atoms with E-state index < -0.39 is 16.1 Å². The lowest BCUT2D eigenvalue weighted by Gasteiger charge is -2.28. The van der Waals surface area contributed by atoms with Crippen molar-refractivity contribution in [1.29, 1.82) is 0 Å². The maximum atomic E-state index is 13.0. The Bertz CT molecular complexity index is 833. The summed E-state index contributed by atoms with van der Waals surface area (Å²) in [6, 6.07) is 15.8. The van der Waals surface area contributed by atoms with Gasteiger partial charge in [0.05, 0.1) is 12.3 Å². The van der Waals surface area contributed by atoms with Gasteiger partial charge >= 0.3 is 0 Å². The van der Waals surface area contributed by atoms with Gasteiger partial charge in [0, 0.05) is 7.05 Å². The molecule has 2 aromatic carbocycles. The van der Waals surface area contributed by atoms with Crippen molar-refractivity contribution >= 4 is 15.9 Å². The Morgan fingerprint density at radius 3 is 2.12 bits per heavy atom. The van der Waals surface area contributed by atoms with Gasteiger partial charge < -0.3 is 5.32 Å². The summed E-state index contributed by atoms with van der Waals surface area (Å²) in [6.45, 7) is 4.00. The van der Waals surface area contributed by atoms with Crippen LogP contribution in [-0.2, 0) is 14.8 Å². The number of carbonyl (C=O) groups excluding carboxylic acids is 1. The molecule has 0 saturated carbocycles. The fraction of sp³-hybridized carbons (Fsp3) is 0.350. The molecule has 0 aliphatic heterocycles. The van der Waals surface area contributed by atoms with Crippen molar-refractivity contribution in [2.24, 2.45) is 0 Å². The third-order valence-corrected chi connectivity index (χ3v) is 5.71. The third-order valence-electron chi connectivity index (χ3n) is 4.45. The second kappa shape index (κ2) is 8.47. The van der Waals surface area contributed by atoms with Crippen LogP contribution < -0.4 is 5.32 Å². The molecule has 6 heteroatoms. The van der Waals surface area contributed by atoms with E-state index in [2.05, 4.69) is 5.32 Å². The number of hydrogen-bond acceptors (Lipinski definition) is 3. The van der Waals surface area contributed by atoms with Crippen LogP contribution in [0.4, 0.5) is 0 Å². The Morgan fingerprint density at radius 2 is 1.62 bits per heavy atom. The summed E-state index contributed by atoms with van der Waals surface area (Å²) in [6.07, 6.45) is 1.81. The molecule has 0 bridgehead atoms. The highest BCUT2D eigenvalue weighted by Gasteiger charge is 2.31. The van der Waals surface area contributed by atoms with E-state index in [1.807, 2.05) is 44.2 Å². The zero-order valence-corrected chi connectivity index (χ0v) is 16.5. The van der Waals surface area contributed by atoms with Crippen LogP contribution in [0.15, 0.2) is 54.6 Å². The SMILES string of the molecule is CC[C@H](NC(=O)[C@H](c1ccccc1)N(C)S(C)(=O)=O)c1ccc(C)cc1. The number of nitrogens with zero attached hydrogens (tertiary/aromatic N) is 1. The molecule has 0 unspecified atom stereocenters. The van der Waals surface area contributed by atoms with E-state index >= 15 is 0 Å². The van der Waals surface area contributed by atoms with Crippen molar-refractivity contribution in [3.63, 3.8) is 0 Å². The summed E-state index contributed by atoms with van der Waals surface area (Å²) in [5.41, 5.74) is 2.78. The van der Waals surface area contributed by atoms with Crippen LogP contribution >= 0.6 is 0 Å². The van der Waals surface area contributed by atoms with Crippen LogP contribution in [0, 0.1) is 6.92 Å². The molecule has 0 radical (unpaired) electrons. The van der Waals surface area contributed by atoms with Crippen molar-refractivity contribution < 1.29 is 13.2 Å². The maximum absolute atomic E-state index is 13.0. The molecule has 26 heavy (non-hydrogen) atoms. The molecular formula is C20H26N2O3S. The first-order valence-electron chi connectivity index (χ1n) is 8.59. The smallest absolute Gasteiger partial charge is 0.243 e. The number of aryl methyl sites for hydroxylation is 1. The quantitative estimate of drug-likeness (QED) is 0.809. The first kappa shape index (κ1) is 20.1. The van der Waals surface area contributed by atoms with Gasteiger partial charge in [0.2, 0.25) is 15.9 Å². The molecule has 0 saturated heterocycles. The normalized spacial score (nSPS) is 14.0. The van der Waals surface area contributed by atoms with Gasteiger partial charge in [0.1, 0.15) is 6.04 Å². The number of hydrogen-bond donors (Lipinski definition) is 1. The predicted molar refractivity (Wildman–Crippen MR) is 104 cm³/mol. The van der Waals surface area contributed by atoms with E-state index in [9.17, 15) is 13.2 Å². The minimum atomic E-state index is -3.54. The van der Waals surface area contributed by atoms with Crippen LogP contribution in [0.3, 0.4) is 0 Å². The van der Waals surface area contributed by atoms with Crippen molar-refractivity contribution in [1.82, 2.24) is 9.62 Å². The third kappa shape index (κ3) is 4.93. The van der Waals surface area contributed by atoms with Gasteiger partial charge in [-0.2, -0.15) is 4.31 Å². The number of benzene rings is 2. The zero-order chi connectivity index (χ0) is 19.3. The number of nitrogens with one attached hydrogen (secondary N) is 1. The van der Waals surface area contributed by atoms with Crippen LogP contribution in [-0.4, -0.2) is 31.9 Å². The molecule has 0 fully saturated rings. The van der Waals surface area contributed by atoms with Crippen LogP contribution in [0.25, 0.3) is 0 Å². The summed E-state index contributed by atoms with van der Waals surface area (Å²) in [5.74, 6) is -0.337. The molecule has 140 valence electrons. The molecule has 2 rings (SSSR count). The van der Waals surface area contributed by atoms with E-state index in [1.165, 1.54) is 7.05 Å². The van der Waals surface area contributed by atoms with E-state index in [0.29, 0.717) is 12.0 Å². The Hall–Kier alpha value is -2.18. The summed E-state index contributed by atoms with van der Waals surface area (Å²) in [4.78, 5) is 13.0. The van der Waals surface area contributed by atoms with Gasteiger partial charge in [0.25, 0.3) is 0 Å². The van der Waals surface area contributed by atoms with Gasteiger partial charge in [-0.1, -0.05) is 67.1 Å². The Labute approximate surface area is 156 Å². The van der Waals surface area contributed by atoms with Crippen molar-refractivity contribution in [2.75, 3.05) is 13.3 Å². The maximum Gasteiger partial charge on any atom is 0.243 e. The number of amides is 1. The molecule has 2 atom stereocenters. The molecule has 1 N–H and O–H groups in total. The van der Waals surface area contributed by atoms with Crippen molar-refractivity contribution in [2.45, 2.75) is 32.4 Å². The Kier molecular flexibility index (Phi) is 6.56. The lowest BCUT2D eigenvalue weighted by molar-refractivity contribution is -0.125. The van der Waals surface area contributed by atoms with Crippen LogP contribution in [0.1, 0.15) is 42.1 Å². The molecule has 0 heterocycles. The van der Waals surface area contributed by atoms with Gasteiger partial charge in [-0.25, -0.2) is 8.42 Å². The molecule has 5 nitrogen and oxygen atoms in total. The van der Waals surface area contributed by atoms with E-state index in [4.69, 9.17) is 0 Å². The summed E-state index contributed by atoms with van der Waals surface area (Å²) in [5, 5.41) is 3.01. The predicted octanol–water partition coefficient (Wildman–Crippen LogP) is 3.20. The molecule has 0 spiro atoms. The molecule has 0 aliphatic carbocycles. The van der Waals surface area contributed by atoms with Gasteiger partial charge in [0.15, 0.2) is 0 Å². The fourth-order valence-electron chi connectivity index (χ4n) is 2.82. The number of likely N-dealkylation sites (N-methyl/N-ethyl adjacent to an activating group) is 1. The second-order valence-corrected chi connectivity index (χ2v) is 8.51. The molecule has 1 amide bonds. The van der Waals surface area contributed by atoms with Gasteiger partial charge in [-0.3, -0.25) is 4.79 Å². The zero-order valence-electron chi connectivity index (χ0n) is 15.6. The highest BCUT2D eigenvalue weighted by molar-refractivity contribution is 7.88. The standard InChI is InChI=1S/C20H26N2O3S/c1-5-18(16-13-11-15(2)12-14-16)21-20(23)19(22(3)26(4,24)25)17-9-7-6-8-10-17/h6-14,18-19H,5H2,1-4H3,(H,21,23)/t18-,19-/m0/s1. The number of rotatable bonds is 7.